The number of piperidine rings is 1. The summed E-state index contributed by atoms with van der Waals surface area (Å²) in [6.45, 7) is 2.36. The number of benzene rings is 2. The van der Waals surface area contributed by atoms with Crippen LogP contribution >= 0.6 is 11.8 Å². The van der Waals surface area contributed by atoms with E-state index in [0.29, 0.717) is 26.2 Å². The Morgan fingerprint density at radius 1 is 0.950 bits per heavy atom. The number of likely N-dealkylation sites (tertiary alicyclic amines) is 1. The van der Waals surface area contributed by atoms with Crippen LogP contribution in [-0.2, 0) is 22.6 Å². The molecule has 206 valence electrons. The molecule has 2 saturated heterocycles. The number of urea groups is 1. The molecule has 8 nitrogen and oxygen atoms in total. The van der Waals surface area contributed by atoms with Crippen molar-refractivity contribution in [1.82, 2.24) is 19.7 Å². The number of para-hydroxylation sites is 1. The van der Waals surface area contributed by atoms with Crippen LogP contribution in [0, 0.1) is 0 Å². The minimum absolute atomic E-state index is 0.0144. The molecule has 0 radical (unpaired) electrons. The summed E-state index contributed by atoms with van der Waals surface area (Å²) < 4.78 is 0. The van der Waals surface area contributed by atoms with Gasteiger partial charge in [-0.25, -0.2) is 4.79 Å². The molecule has 9 heteroatoms. The number of carbonyl (C=O) groups is 3. The molecule has 1 aromatic heterocycles. The highest BCUT2D eigenvalue weighted by Gasteiger charge is 2.42. The Labute approximate surface area is 238 Å². The summed E-state index contributed by atoms with van der Waals surface area (Å²) in [5.41, 5.74) is 4.19. The number of thioether (sulfide) groups is 1. The molecule has 3 aliphatic rings. The minimum Gasteiger partial charge on any atom is -0.342 e. The first-order valence-electron chi connectivity index (χ1n) is 13.9. The van der Waals surface area contributed by atoms with E-state index in [-0.39, 0.29) is 35.7 Å². The Balaban J connectivity index is 1.07. The molecule has 40 heavy (non-hydrogen) atoms. The zero-order chi connectivity index (χ0) is 27.5. The number of fused-ring (bicyclic) bond motifs is 1. The second kappa shape index (κ2) is 11.7. The topological polar surface area (TPSA) is 85.8 Å². The second-order valence-electron chi connectivity index (χ2n) is 10.6. The maximum Gasteiger partial charge on any atom is 0.322 e. The third-order valence-electron chi connectivity index (χ3n) is 8.09. The lowest BCUT2D eigenvalue weighted by Gasteiger charge is -2.40. The first-order valence-corrected chi connectivity index (χ1v) is 14.8. The fraction of sp³-hybridized carbons (Fsp3) is 0.355. The van der Waals surface area contributed by atoms with E-state index < -0.39 is 5.25 Å². The smallest absolute Gasteiger partial charge is 0.322 e. The zero-order valence-electron chi connectivity index (χ0n) is 22.3. The maximum absolute atomic E-state index is 13.6. The van der Waals surface area contributed by atoms with Gasteiger partial charge in [-0.3, -0.25) is 14.6 Å². The molecular weight excluding hydrogens is 522 g/mol. The SMILES string of the molecule is O=C(CC1SC(c2ccccc2)N(CCc2ccncc2)C1=O)N1CCC(N2Cc3ccccc3NC2=O)CC1. The maximum atomic E-state index is 13.6. The highest BCUT2D eigenvalue weighted by atomic mass is 32.2. The van der Waals surface area contributed by atoms with Gasteiger partial charge in [0.25, 0.3) is 0 Å². The number of nitrogens with one attached hydrogen (secondary N) is 1. The van der Waals surface area contributed by atoms with Crippen molar-refractivity contribution in [2.75, 3.05) is 25.0 Å². The standard InChI is InChI=1S/C31H33N5O3S/c37-28(34-17-13-25(14-18-34)36-21-24-8-4-5-9-26(24)33-31(36)39)20-27-29(38)35(19-12-22-10-15-32-16-11-22)30(40-27)23-6-2-1-3-7-23/h1-11,15-16,25,27,30H,12-14,17-21H2,(H,33,39). The first-order chi connectivity index (χ1) is 19.6. The van der Waals surface area contributed by atoms with Crippen LogP contribution in [0.2, 0.25) is 0 Å². The zero-order valence-corrected chi connectivity index (χ0v) is 23.1. The molecule has 2 aromatic carbocycles. The van der Waals surface area contributed by atoms with Crippen molar-refractivity contribution >= 4 is 35.3 Å². The Bertz CT molecular complexity index is 1360. The molecule has 0 bridgehead atoms. The highest BCUT2D eigenvalue weighted by molar-refractivity contribution is 8.01. The number of carbonyl (C=O) groups excluding carboxylic acids is 3. The largest absolute Gasteiger partial charge is 0.342 e. The molecule has 0 spiro atoms. The van der Waals surface area contributed by atoms with Gasteiger partial charge in [0, 0.05) is 56.7 Å². The number of aromatic nitrogens is 1. The predicted molar refractivity (Wildman–Crippen MR) is 155 cm³/mol. The van der Waals surface area contributed by atoms with E-state index in [1.54, 1.807) is 24.2 Å². The van der Waals surface area contributed by atoms with Crippen LogP contribution in [0.5, 0.6) is 0 Å². The van der Waals surface area contributed by atoms with Gasteiger partial charge in [0.2, 0.25) is 11.8 Å². The van der Waals surface area contributed by atoms with E-state index in [4.69, 9.17) is 0 Å². The third-order valence-corrected chi connectivity index (χ3v) is 9.57. The lowest BCUT2D eigenvalue weighted by Crippen LogP contribution is -2.51. The molecule has 0 aliphatic carbocycles. The summed E-state index contributed by atoms with van der Waals surface area (Å²) in [6.07, 6.45) is 5.94. The first kappa shape index (κ1) is 26.4. The highest BCUT2D eigenvalue weighted by Crippen LogP contribution is 2.44. The van der Waals surface area contributed by atoms with Gasteiger partial charge in [-0.2, -0.15) is 0 Å². The van der Waals surface area contributed by atoms with Crippen molar-refractivity contribution in [3.8, 4) is 0 Å². The number of amides is 4. The number of nitrogens with zero attached hydrogens (tertiary/aromatic N) is 4. The fourth-order valence-corrected chi connectivity index (χ4v) is 7.33. The van der Waals surface area contributed by atoms with Crippen LogP contribution in [0.4, 0.5) is 10.5 Å². The molecule has 6 rings (SSSR count). The van der Waals surface area contributed by atoms with Crippen LogP contribution in [0.1, 0.15) is 41.3 Å². The van der Waals surface area contributed by atoms with Crippen LogP contribution in [0.3, 0.4) is 0 Å². The Kier molecular flexibility index (Phi) is 7.73. The molecule has 2 atom stereocenters. The van der Waals surface area contributed by atoms with Gasteiger partial charge in [-0.15, -0.1) is 11.8 Å². The Hall–Kier alpha value is -3.85. The Morgan fingerprint density at radius 3 is 2.45 bits per heavy atom. The van der Waals surface area contributed by atoms with Gasteiger partial charge in [0.15, 0.2) is 0 Å². The van der Waals surface area contributed by atoms with E-state index in [9.17, 15) is 14.4 Å². The van der Waals surface area contributed by atoms with Crippen LogP contribution < -0.4 is 5.32 Å². The average Bonchev–Trinajstić information content (AvgIpc) is 3.31. The normalized spacial score (nSPS) is 21.4. The minimum atomic E-state index is -0.405. The molecule has 3 aliphatic heterocycles. The van der Waals surface area contributed by atoms with Crippen LogP contribution in [-0.4, -0.2) is 68.5 Å². The molecule has 0 saturated carbocycles. The van der Waals surface area contributed by atoms with Gasteiger partial charge in [-0.1, -0.05) is 48.5 Å². The number of hydrogen-bond donors (Lipinski definition) is 1. The van der Waals surface area contributed by atoms with Gasteiger partial charge in [0.05, 0.1) is 5.25 Å². The Morgan fingerprint density at radius 2 is 1.68 bits per heavy atom. The van der Waals surface area contributed by atoms with Crippen molar-refractivity contribution in [1.29, 1.82) is 0 Å². The number of rotatable bonds is 7. The van der Waals surface area contributed by atoms with E-state index in [2.05, 4.69) is 22.4 Å². The summed E-state index contributed by atoms with van der Waals surface area (Å²) in [7, 11) is 0. The van der Waals surface area contributed by atoms with E-state index >= 15 is 0 Å². The van der Waals surface area contributed by atoms with Crippen LogP contribution in [0.15, 0.2) is 79.1 Å². The molecule has 4 amide bonds. The van der Waals surface area contributed by atoms with Gasteiger partial charge in [-0.05, 0) is 54.2 Å². The number of anilines is 1. The van der Waals surface area contributed by atoms with Gasteiger partial charge < -0.3 is 20.0 Å². The van der Waals surface area contributed by atoms with E-state index in [0.717, 1.165) is 41.6 Å². The van der Waals surface area contributed by atoms with E-state index in [1.807, 2.05) is 69.3 Å². The summed E-state index contributed by atoms with van der Waals surface area (Å²) in [5, 5.41) is 2.48. The van der Waals surface area contributed by atoms with Crippen molar-refractivity contribution in [2.45, 2.75) is 48.9 Å². The molecule has 2 unspecified atom stereocenters. The number of hydrogen-bond acceptors (Lipinski definition) is 5. The summed E-state index contributed by atoms with van der Waals surface area (Å²) in [6, 6.07) is 21.9. The van der Waals surface area contributed by atoms with Gasteiger partial charge in [0.1, 0.15) is 5.37 Å². The van der Waals surface area contributed by atoms with Crippen molar-refractivity contribution in [3.05, 3.63) is 95.8 Å². The summed E-state index contributed by atoms with van der Waals surface area (Å²) in [5.74, 6) is 0.0420. The predicted octanol–water partition coefficient (Wildman–Crippen LogP) is 4.70. The second-order valence-corrected chi connectivity index (χ2v) is 11.8. The monoisotopic (exact) mass is 555 g/mol. The summed E-state index contributed by atoms with van der Waals surface area (Å²) >= 11 is 1.58. The average molecular weight is 556 g/mol. The lowest BCUT2D eigenvalue weighted by atomic mass is 10.0. The van der Waals surface area contributed by atoms with Gasteiger partial charge >= 0.3 is 6.03 Å². The van der Waals surface area contributed by atoms with Crippen molar-refractivity contribution < 1.29 is 14.4 Å². The molecular formula is C31H33N5O3S. The number of pyridine rings is 1. The molecule has 3 aromatic rings. The molecule has 1 N–H and O–H groups in total. The fourth-order valence-electron chi connectivity index (χ4n) is 5.86. The quantitative estimate of drug-likeness (QED) is 0.457. The molecule has 4 heterocycles. The molecule has 2 fully saturated rings. The van der Waals surface area contributed by atoms with E-state index in [1.165, 1.54) is 0 Å². The summed E-state index contributed by atoms with van der Waals surface area (Å²) in [4.78, 5) is 49.5. The van der Waals surface area contributed by atoms with Crippen molar-refractivity contribution in [2.24, 2.45) is 0 Å². The lowest BCUT2D eigenvalue weighted by molar-refractivity contribution is -0.136. The van der Waals surface area contributed by atoms with Crippen molar-refractivity contribution in [3.63, 3.8) is 0 Å². The third kappa shape index (κ3) is 5.56. The van der Waals surface area contributed by atoms with Crippen LogP contribution in [0.25, 0.3) is 0 Å².